The Kier molecular flexibility index (Phi) is 4.06. The highest BCUT2D eigenvalue weighted by Crippen LogP contribution is 2.22. The standard InChI is InChI=1S/C17H20N2O2/c18-16-10-13-6-2-1-5-12(13)9-15(16)17(20)19-11-14-7-3-4-8-21-14/h1-2,5-6,9-10,14H,3-4,7-8,11,18H2,(H,19,20). The van der Waals surface area contributed by atoms with Crippen molar-refractivity contribution in [3.05, 3.63) is 42.0 Å². The Bertz CT molecular complexity index is 648. The molecule has 2 aromatic carbocycles. The van der Waals surface area contributed by atoms with Crippen molar-refractivity contribution in [3.63, 3.8) is 0 Å². The molecule has 0 saturated carbocycles. The highest BCUT2D eigenvalue weighted by Gasteiger charge is 2.16. The largest absolute Gasteiger partial charge is 0.398 e. The predicted molar refractivity (Wildman–Crippen MR) is 84.3 cm³/mol. The molecule has 1 amide bonds. The molecule has 0 spiro atoms. The quantitative estimate of drug-likeness (QED) is 0.852. The van der Waals surface area contributed by atoms with E-state index in [9.17, 15) is 4.79 Å². The zero-order chi connectivity index (χ0) is 14.7. The van der Waals surface area contributed by atoms with Crippen molar-refractivity contribution >= 4 is 22.4 Å². The molecule has 3 N–H and O–H groups in total. The second kappa shape index (κ2) is 6.14. The first-order valence-electron chi connectivity index (χ1n) is 7.42. The van der Waals surface area contributed by atoms with Gasteiger partial charge in [0.2, 0.25) is 0 Å². The van der Waals surface area contributed by atoms with Gasteiger partial charge in [0.15, 0.2) is 0 Å². The summed E-state index contributed by atoms with van der Waals surface area (Å²) in [5.74, 6) is -0.132. The number of amides is 1. The number of ether oxygens (including phenoxy) is 1. The second-order valence-corrected chi connectivity index (χ2v) is 5.49. The van der Waals surface area contributed by atoms with Gasteiger partial charge in [-0.1, -0.05) is 24.3 Å². The maximum atomic E-state index is 12.3. The van der Waals surface area contributed by atoms with Gasteiger partial charge in [-0.15, -0.1) is 0 Å². The van der Waals surface area contributed by atoms with Gasteiger partial charge < -0.3 is 15.8 Å². The Morgan fingerprint density at radius 2 is 2.00 bits per heavy atom. The highest BCUT2D eigenvalue weighted by atomic mass is 16.5. The minimum atomic E-state index is -0.132. The van der Waals surface area contributed by atoms with E-state index in [2.05, 4.69) is 5.32 Å². The van der Waals surface area contributed by atoms with Crippen LogP contribution in [-0.4, -0.2) is 25.2 Å². The third-order valence-corrected chi connectivity index (χ3v) is 3.93. The summed E-state index contributed by atoms with van der Waals surface area (Å²) in [5.41, 5.74) is 7.05. The van der Waals surface area contributed by atoms with E-state index in [0.29, 0.717) is 17.8 Å². The molecule has 21 heavy (non-hydrogen) atoms. The van der Waals surface area contributed by atoms with Crippen molar-refractivity contribution < 1.29 is 9.53 Å². The van der Waals surface area contributed by atoms with Crippen molar-refractivity contribution in [1.29, 1.82) is 0 Å². The molecular weight excluding hydrogens is 264 g/mol. The van der Waals surface area contributed by atoms with Crippen molar-refractivity contribution in [1.82, 2.24) is 5.32 Å². The van der Waals surface area contributed by atoms with Gasteiger partial charge in [0, 0.05) is 18.8 Å². The minimum absolute atomic E-state index is 0.129. The number of fused-ring (bicyclic) bond motifs is 1. The van der Waals surface area contributed by atoms with E-state index in [1.165, 1.54) is 6.42 Å². The van der Waals surface area contributed by atoms with Crippen LogP contribution in [0.2, 0.25) is 0 Å². The lowest BCUT2D eigenvalue weighted by Gasteiger charge is -2.22. The van der Waals surface area contributed by atoms with E-state index in [1.54, 1.807) is 0 Å². The number of benzene rings is 2. The van der Waals surface area contributed by atoms with Crippen molar-refractivity contribution in [2.24, 2.45) is 0 Å². The van der Waals surface area contributed by atoms with Gasteiger partial charge >= 0.3 is 0 Å². The SMILES string of the molecule is Nc1cc2ccccc2cc1C(=O)NCC1CCCCO1. The lowest BCUT2D eigenvalue weighted by molar-refractivity contribution is 0.0169. The van der Waals surface area contributed by atoms with Gasteiger partial charge in [0.05, 0.1) is 11.7 Å². The van der Waals surface area contributed by atoms with E-state index < -0.39 is 0 Å². The smallest absolute Gasteiger partial charge is 0.253 e. The molecule has 110 valence electrons. The normalized spacial score (nSPS) is 18.6. The van der Waals surface area contributed by atoms with Gasteiger partial charge in [-0.3, -0.25) is 4.79 Å². The first-order chi connectivity index (χ1) is 10.2. The number of carbonyl (C=O) groups excluding carboxylic acids is 1. The van der Waals surface area contributed by atoms with Gasteiger partial charge in [-0.05, 0) is 42.2 Å². The maximum absolute atomic E-state index is 12.3. The molecule has 4 heteroatoms. The van der Waals surface area contributed by atoms with Crippen molar-refractivity contribution in [2.75, 3.05) is 18.9 Å². The van der Waals surface area contributed by atoms with E-state index in [-0.39, 0.29) is 12.0 Å². The lowest BCUT2D eigenvalue weighted by Crippen LogP contribution is -2.35. The number of hydrogen-bond acceptors (Lipinski definition) is 3. The molecule has 1 atom stereocenters. The van der Waals surface area contributed by atoms with Gasteiger partial charge in [0.1, 0.15) is 0 Å². The maximum Gasteiger partial charge on any atom is 0.253 e. The summed E-state index contributed by atoms with van der Waals surface area (Å²) < 4.78 is 5.62. The van der Waals surface area contributed by atoms with Crippen LogP contribution < -0.4 is 11.1 Å². The van der Waals surface area contributed by atoms with E-state index in [4.69, 9.17) is 10.5 Å². The van der Waals surface area contributed by atoms with Crippen LogP contribution >= 0.6 is 0 Å². The van der Waals surface area contributed by atoms with Crippen LogP contribution in [-0.2, 0) is 4.74 Å². The number of nitrogens with one attached hydrogen (secondary N) is 1. The average Bonchev–Trinajstić information content (AvgIpc) is 2.53. The second-order valence-electron chi connectivity index (χ2n) is 5.49. The third-order valence-electron chi connectivity index (χ3n) is 3.93. The third kappa shape index (κ3) is 3.16. The molecule has 0 aliphatic carbocycles. The van der Waals surface area contributed by atoms with Gasteiger partial charge in [0.25, 0.3) is 5.91 Å². The Morgan fingerprint density at radius 1 is 1.24 bits per heavy atom. The van der Waals surface area contributed by atoms with Crippen LogP contribution in [0.4, 0.5) is 5.69 Å². The molecule has 1 heterocycles. The van der Waals surface area contributed by atoms with Crippen LogP contribution in [0.3, 0.4) is 0 Å². The molecule has 1 aliphatic rings. The number of rotatable bonds is 3. The Morgan fingerprint density at radius 3 is 2.71 bits per heavy atom. The van der Waals surface area contributed by atoms with Crippen molar-refractivity contribution in [3.8, 4) is 0 Å². The van der Waals surface area contributed by atoms with E-state index >= 15 is 0 Å². The summed E-state index contributed by atoms with van der Waals surface area (Å²) in [6.45, 7) is 1.34. The Hall–Kier alpha value is -2.07. The molecule has 0 aromatic heterocycles. The van der Waals surface area contributed by atoms with Crippen molar-refractivity contribution in [2.45, 2.75) is 25.4 Å². The van der Waals surface area contributed by atoms with Crippen LogP contribution in [0.15, 0.2) is 36.4 Å². The summed E-state index contributed by atoms with van der Waals surface area (Å²) in [5, 5.41) is 4.99. The highest BCUT2D eigenvalue weighted by molar-refractivity contribution is 6.03. The molecule has 0 radical (unpaired) electrons. The van der Waals surface area contributed by atoms with Gasteiger partial charge in [-0.2, -0.15) is 0 Å². The van der Waals surface area contributed by atoms with Crippen LogP contribution in [0.1, 0.15) is 29.6 Å². The van der Waals surface area contributed by atoms with Crippen LogP contribution in [0.25, 0.3) is 10.8 Å². The summed E-state index contributed by atoms with van der Waals surface area (Å²) in [4.78, 5) is 12.3. The number of carbonyl (C=O) groups is 1. The molecule has 1 fully saturated rings. The average molecular weight is 284 g/mol. The zero-order valence-electron chi connectivity index (χ0n) is 12.0. The molecular formula is C17H20N2O2. The first kappa shape index (κ1) is 13.9. The number of nitrogens with two attached hydrogens (primary N) is 1. The number of hydrogen-bond donors (Lipinski definition) is 2. The summed E-state index contributed by atoms with van der Waals surface area (Å²) in [6.07, 6.45) is 3.41. The fourth-order valence-corrected chi connectivity index (χ4v) is 2.72. The minimum Gasteiger partial charge on any atom is -0.398 e. The summed E-state index contributed by atoms with van der Waals surface area (Å²) in [7, 11) is 0. The fourth-order valence-electron chi connectivity index (χ4n) is 2.72. The summed E-state index contributed by atoms with van der Waals surface area (Å²) >= 11 is 0. The topological polar surface area (TPSA) is 64.4 Å². The number of nitrogen functional groups attached to an aromatic ring is 1. The number of anilines is 1. The van der Waals surface area contributed by atoms with E-state index in [0.717, 1.165) is 30.2 Å². The molecule has 1 aliphatic heterocycles. The van der Waals surface area contributed by atoms with Crippen LogP contribution in [0, 0.1) is 0 Å². The molecule has 1 unspecified atom stereocenters. The molecule has 2 aromatic rings. The molecule has 4 nitrogen and oxygen atoms in total. The lowest BCUT2D eigenvalue weighted by atomic mass is 10.0. The predicted octanol–water partition coefficient (Wildman–Crippen LogP) is 2.72. The van der Waals surface area contributed by atoms with Gasteiger partial charge in [-0.25, -0.2) is 0 Å². The Balaban J connectivity index is 1.73. The zero-order valence-corrected chi connectivity index (χ0v) is 12.0. The van der Waals surface area contributed by atoms with Crippen LogP contribution in [0.5, 0.6) is 0 Å². The molecule has 3 rings (SSSR count). The Labute approximate surface area is 124 Å². The van der Waals surface area contributed by atoms with E-state index in [1.807, 2.05) is 36.4 Å². The fraction of sp³-hybridized carbons (Fsp3) is 0.353. The summed E-state index contributed by atoms with van der Waals surface area (Å²) in [6, 6.07) is 11.6. The first-order valence-corrected chi connectivity index (χ1v) is 7.42. The molecule has 0 bridgehead atoms. The monoisotopic (exact) mass is 284 g/mol. The molecule has 1 saturated heterocycles.